The Kier molecular flexibility index (Phi) is 5.33. The summed E-state index contributed by atoms with van der Waals surface area (Å²) in [5, 5.41) is 11.4. The van der Waals surface area contributed by atoms with Crippen LogP contribution in [0, 0.1) is 11.3 Å². The third-order valence-electron chi connectivity index (χ3n) is 3.59. The van der Waals surface area contributed by atoms with Gasteiger partial charge in [0.05, 0.1) is 24.6 Å². The van der Waals surface area contributed by atoms with Gasteiger partial charge in [0, 0.05) is 13.1 Å². The molecule has 1 aliphatic heterocycles. The van der Waals surface area contributed by atoms with Gasteiger partial charge in [0.1, 0.15) is 0 Å². The maximum Gasteiger partial charge on any atom is 0.241 e. The lowest BCUT2D eigenvalue weighted by atomic mass is 10.1. The van der Waals surface area contributed by atoms with Crippen molar-refractivity contribution in [2.24, 2.45) is 0 Å². The molecule has 5 nitrogen and oxygen atoms in total. The Bertz CT molecular complexity index is 540. The van der Waals surface area contributed by atoms with Gasteiger partial charge in [0.15, 0.2) is 0 Å². The number of carbonyl (C=O) groups excluding carboxylic acids is 2. The number of hydrogen-bond acceptors (Lipinski definition) is 3. The molecule has 2 rings (SSSR count). The predicted octanol–water partition coefficient (Wildman–Crippen LogP) is 1.23. The van der Waals surface area contributed by atoms with Crippen molar-refractivity contribution < 1.29 is 9.59 Å². The van der Waals surface area contributed by atoms with E-state index in [-0.39, 0.29) is 24.8 Å². The van der Waals surface area contributed by atoms with Gasteiger partial charge in [-0.2, -0.15) is 5.26 Å². The lowest BCUT2D eigenvalue weighted by Crippen LogP contribution is -2.42. The lowest BCUT2D eigenvalue weighted by molar-refractivity contribution is -0.133. The molecule has 0 bridgehead atoms. The molecule has 0 atom stereocenters. The van der Waals surface area contributed by atoms with Crippen molar-refractivity contribution in [1.82, 2.24) is 10.2 Å². The minimum atomic E-state index is -0.176. The van der Waals surface area contributed by atoms with E-state index in [4.69, 9.17) is 5.26 Å². The summed E-state index contributed by atoms with van der Waals surface area (Å²) in [5.41, 5.74) is 1.40. The zero-order valence-electron chi connectivity index (χ0n) is 12.0. The summed E-state index contributed by atoms with van der Waals surface area (Å²) in [5.74, 6) is -0.187. The second-order valence-electron chi connectivity index (χ2n) is 5.20. The molecule has 1 heterocycles. The van der Waals surface area contributed by atoms with Crippen molar-refractivity contribution in [1.29, 1.82) is 5.26 Å². The monoisotopic (exact) mass is 285 g/mol. The molecule has 0 unspecified atom stereocenters. The second-order valence-corrected chi connectivity index (χ2v) is 5.20. The Morgan fingerprint density at radius 3 is 2.43 bits per heavy atom. The van der Waals surface area contributed by atoms with Crippen LogP contribution in [0.15, 0.2) is 24.3 Å². The van der Waals surface area contributed by atoms with Gasteiger partial charge in [-0.3, -0.25) is 9.59 Å². The van der Waals surface area contributed by atoms with Crippen molar-refractivity contribution in [2.45, 2.75) is 25.7 Å². The number of carbonyl (C=O) groups is 2. The fourth-order valence-electron chi connectivity index (χ4n) is 2.37. The van der Waals surface area contributed by atoms with Crippen LogP contribution in [0.1, 0.15) is 30.4 Å². The van der Waals surface area contributed by atoms with Crippen LogP contribution in [0.3, 0.4) is 0 Å². The van der Waals surface area contributed by atoms with Crippen molar-refractivity contribution in [3.63, 3.8) is 0 Å². The first-order chi connectivity index (χ1) is 10.2. The number of nitrogens with one attached hydrogen (secondary N) is 1. The van der Waals surface area contributed by atoms with E-state index in [2.05, 4.69) is 5.32 Å². The number of likely N-dealkylation sites (tertiary alicyclic amines) is 1. The van der Waals surface area contributed by atoms with E-state index in [1.807, 2.05) is 11.0 Å². The fraction of sp³-hybridized carbons (Fsp3) is 0.438. The molecule has 0 saturated carbocycles. The number of amides is 2. The molecule has 0 aromatic heterocycles. The third kappa shape index (κ3) is 4.60. The van der Waals surface area contributed by atoms with E-state index in [9.17, 15) is 9.59 Å². The van der Waals surface area contributed by atoms with Crippen molar-refractivity contribution in [2.75, 3.05) is 19.6 Å². The average molecular weight is 285 g/mol. The lowest BCUT2D eigenvalue weighted by Gasteiger charge is -2.26. The third-order valence-corrected chi connectivity index (χ3v) is 3.59. The molecule has 110 valence electrons. The Balaban J connectivity index is 1.76. The highest BCUT2D eigenvalue weighted by Gasteiger charge is 2.16. The minimum Gasteiger partial charge on any atom is -0.347 e. The Hall–Kier alpha value is -2.35. The van der Waals surface area contributed by atoms with E-state index >= 15 is 0 Å². The summed E-state index contributed by atoms with van der Waals surface area (Å²) < 4.78 is 0. The van der Waals surface area contributed by atoms with E-state index in [1.54, 1.807) is 24.3 Å². The molecular weight excluding hydrogens is 266 g/mol. The second kappa shape index (κ2) is 7.44. The number of rotatable bonds is 4. The molecule has 0 spiro atoms. The highest BCUT2D eigenvalue weighted by Crippen LogP contribution is 2.08. The molecule has 5 heteroatoms. The summed E-state index contributed by atoms with van der Waals surface area (Å²) in [6.45, 7) is 1.66. The summed E-state index contributed by atoms with van der Waals surface area (Å²) in [7, 11) is 0. The molecule has 1 aromatic rings. The molecular formula is C16H19N3O2. The first-order valence-electron chi connectivity index (χ1n) is 7.22. The van der Waals surface area contributed by atoms with Gasteiger partial charge in [-0.1, -0.05) is 12.1 Å². The average Bonchev–Trinajstić information content (AvgIpc) is 2.54. The van der Waals surface area contributed by atoms with Crippen molar-refractivity contribution in [3.05, 3.63) is 35.4 Å². The normalized spacial score (nSPS) is 14.3. The highest BCUT2D eigenvalue weighted by molar-refractivity contribution is 5.85. The predicted molar refractivity (Wildman–Crippen MR) is 78.3 cm³/mol. The topological polar surface area (TPSA) is 73.2 Å². The molecule has 1 fully saturated rings. The summed E-state index contributed by atoms with van der Waals surface area (Å²) in [6.07, 6.45) is 3.49. The quantitative estimate of drug-likeness (QED) is 0.904. The van der Waals surface area contributed by atoms with E-state index in [1.165, 1.54) is 6.42 Å². The standard InChI is InChI=1S/C16H19N3O2/c17-11-14-6-4-13(5-7-14)10-15(20)18-12-16(21)19-8-2-1-3-9-19/h4-7H,1-3,8-10,12H2,(H,18,20). The van der Waals surface area contributed by atoms with Crippen LogP contribution in [0.2, 0.25) is 0 Å². The van der Waals surface area contributed by atoms with Crippen LogP contribution in [0.5, 0.6) is 0 Å². The molecule has 1 N–H and O–H groups in total. The molecule has 1 saturated heterocycles. The summed E-state index contributed by atoms with van der Waals surface area (Å²) >= 11 is 0. The van der Waals surface area contributed by atoms with E-state index < -0.39 is 0 Å². The minimum absolute atomic E-state index is 0.0112. The molecule has 1 aliphatic rings. The van der Waals surface area contributed by atoms with Gasteiger partial charge in [0.2, 0.25) is 11.8 Å². The number of hydrogen-bond donors (Lipinski definition) is 1. The fourth-order valence-corrected chi connectivity index (χ4v) is 2.37. The maximum atomic E-state index is 11.9. The van der Waals surface area contributed by atoms with Crippen LogP contribution in [0.4, 0.5) is 0 Å². The molecule has 1 aromatic carbocycles. The molecule has 0 aliphatic carbocycles. The SMILES string of the molecule is N#Cc1ccc(CC(=O)NCC(=O)N2CCCCC2)cc1. The van der Waals surface area contributed by atoms with Gasteiger partial charge in [-0.25, -0.2) is 0 Å². The molecule has 0 radical (unpaired) electrons. The molecule has 2 amide bonds. The van der Waals surface area contributed by atoms with Crippen LogP contribution in [0.25, 0.3) is 0 Å². The van der Waals surface area contributed by atoms with Crippen LogP contribution in [-0.4, -0.2) is 36.3 Å². The van der Waals surface area contributed by atoms with Crippen molar-refractivity contribution in [3.8, 4) is 6.07 Å². The highest BCUT2D eigenvalue weighted by atomic mass is 16.2. The van der Waals surface area contributed by atoms with Crippen LogP contribution >= 0.6 is 0 Å². The van der Waals surface area contributed by atoms with Gasteiger partial charge in [-0.05, 0) is 37.0 Å². The zero-order valence-corrected chi connectivity index (χ0v) is 12.0. The number of piperidine rings is 1. The first kappa shape index (κ1) is 15.0. The number of nitriles is 1. The largest absolute Gasteiger partial charge is 0.347 e. The van der Waals surface area contributed by atoms with E-state index in [0.717, 1.165) is 31.5 Å². The van der Waals surface area contributed by atoms with Gasteiger partial charge in [-0.15, -0.1) is 0 Å². The van der Waals surface area contributed by atoms with Gasteiger partial charge < -0.3 is 10.2 Å². The number of benzene rings is 1. The van der Waals surface area contributed by atoms with Gasteiger partial charge >= 0.3 is 0 Å². The maximum absolute atomic E-state index is 11.9. The molecule has 21 heavy (non-hydrogen) atoms. The smallest absolute Gasteiger partial charge is 0.241 e. The van der Waals surface area contributed by atoms with Crippen molar-refractivity contribution >= 4 is 11.8 Å². The number of nitrogens with zero attached hydrogens (tertiary/aromatic N) is 2. The van der Waals surface area contributed by atoms with Crippen LogP contribution in [-0.2, 0) is 16.0 Å². The Morgan fingerprint density at radius 2 is 1.81 bits per heavy atom. The summed E-state index contributed by atoms with van der Waals surface area (Å²) in [6, 6.07) is 8.91. The Labute approximate surface area is 124 Å². The summed E-state index contributed by atoms with van der Waals surface area (Å²) in [4.78, 5) is 25.5. The first-order valence-corrected chi connectivity index (χ1v) is 7.22. The van der Waals surface area contributed by atoms with E-state index in [0.29, 0.717) is 5.56 Å². The van der Waals surface area contributed by atoms with Gasteiger partial charge in [0.25, 0.3) is 0 Å². The zero-order chi connectivity index (χ0) is 15.1. The Morgan fingerprint density at radius 1 is 1.14 bits per heavy atom. The van der Waals surface area contributed by atoms with Crippen LogP contribution < -0.4 is 5.32 Å².